The van der Waals surface area contributed by atoms with Gasteiger partial charge in [0, 0.05) is 32.4 Å². The number of hydrogen-bond donors (Lipinski definition) is 1. The molecule has 0 unspecified atom stereocenters. The molecule has 9 heteroatoms. The van der Waals surface area contributed by atoms with E-state index in [2.05, 4.69) is 10.3 Å². The molecule has 1 fully saturated rings. The van der Waals surface area contributed by atoms with Crippen LogP contribution >= 0.6 is 0 Å². The number of amides is 1. The first-order valence-electron chi connectivity index (χ1n) is 8.21. The van der Waals surface area contributed by atoms with Gasteiger partial charge in [-0.15, -0.1) is 0 Å². The average molecular weight is 368 g/mol. The Hall–Kier alpha value is -2.55. The minimum Gasteiger partial charge on any atom is -0.467 e. The van der Waals surface area contributed by atoms with Crippen LogP contribution in [0.5, 0.6) is 0 Å². The summed E-state index contributed by atoms with van der Waals surface area (Å²) in [6.07, 6.45) is -1.98. The van der Waals surface area contributed by atoms with Crippen molar-refractivity contribution in [3.05, 3.63) is 48.0 Å². The number of nitrogens with zero attached hydrogens (tertiary/aromatic N) is 3. The van der Waals surface area contributed by atoms with Crippen LogP contribution in [0.1, 0.15) is 11.3 Å². The quantitative estimate of drug-likeness (QED) is 0.876. The van der Waals surface area contributed by atoms with Crippen LogP contribution in [-0.4, -0.2) is 48.5 Å². The Morgan fingerprint density at radius 1 is 1.19 bits per heavy atom. The second kappa shape index (κ2) is 7.77. The highest BCUT2D eigenvalue weighted by atomic mass is 19.4. The third-order valence-electron chi connectivity index (χ3n) is 4.18. The van der Waals surface area contributed by atoms with E-state index in [-0.39, 0.29) is 12.5 Å². The van der Waals surface area contributed by atoms with Crippen LogP contribution in [0.4, 0.5) is 19.0 Å². The molecule has 1 N–H and O–H groups in total. The molecule has 0 aliphatic carbocycles. The third-order valence-corrected chi connectivity index (χ3v) is 4.18. The molecule has 0 atom stereocenters. The molecule has 2 aromatic heterocycles. The van der Waals surface area contributed by atoms with Gasteiger partial charge < -0.3 is 14.6 Å². The van der Waals surface area contributed by atoms with Gasteiger partial charge in [0.25, 0.3) is 0 Å². The lowest BCUT2D eigenvalue weighted by molar-refractivity contribution is -0.137. The largest absolute Gasteiger partial charge is 0.467 e. The number of piperazine rings is 1. The van der Waals surface area contributed by atoms with E-state index in [1.54, 1.807) is 18.4 Å². The van der Waals surface area contributed by atoms with Crippen LogP contribution in [0.3, 0.4) is 0 Å². The van der Waals surface area contributed by atoms with E-state index in [9.17, 15) is 18.0 Å². The van der Waals surface area contributed by atoms with Crippen LogP contribution in [0, 0.1) is 0 Å². The normalized spacial score (nSPS) is 15.9. The molecule has 6 nitrogen and oxygen atoms in total. The number of halogens is 3. The lowest BCUT2D eigenvalue weighted by atomic mass is 10.2. The van der Waals surface area contributed by atoms with Gasteiger partial charge in [-0.25, -0.2) is 4.98 Å². The SMILES string of the molecule is O=C(CN1CCN(c2ccc(C(F)(F)F)cn2)CC1)NCc1ccco1. The molecule has 0 saturated carbocycles. The number of hydrogen-bond acceptors (Lipinski definition) is 5. The summed E-state index contributed by atoms with van der Waals surface area (Å²) in [4.78, 5) is 19.8. The van der Waals surface area contributed by atoms with Crippen LogP contribution in [0.25, 0.3) is 0 Å². The Labute approximate surface area is 148 Å². The van der Waals surface area contributed by atoms with Gasteiger partial charge in [0.15, 0.2) is 0 Å². The second-order valence-electron chi connectivity index (χ2n) is 6.02. The monoisotopic (exact) mass is 368 g/mol. The van der Waals surface area contributed by atoms with E-state index in [0.29, 0.717) is 44.3 Å². The molecule has 140 valence electrons. The van der Waals surface area contributed by atoms with E-state index in [0.717, 1.165) is 12.3 Å². The molecule has 0 bridgehead atoms. The van der Waals surface area contributed by atoms with Crippen molar-refractivity contribution in [2.45, 2.75) is 12.7 Å². The molecule has 2 aromatic rings. The fourth-order valence-corrected chi connectivity index (χ4v) is 2.73. The zero-order chi connectivity index (χ0) is 18.6. The molecule has 0 spiro atoms. The molecule has 1 aliphatic heterocycles. The standard InChI is InChI=1S/C17H19F3N4O2/c18-17(19,20)13-3-4-15(21-10-13)24-7-5-23(6-8-24)12-16(25)22-11-14-2-1-9-26-14/h1-4,9-10H,5-8,11-12H2,(H,22,25). The number of anilines is 1. The lowest BCUT2D eigenvalue weighted by Gasteiger charge is -2.35. The Kier molecular flexibility index (Phi) is 5.46. The maximum atomic E-state index is 12.6. The molecule has 0 aromatic carbocycles. The highest BCUT2D eigenvalue weighted by Gasteiger charge is 2.31. The van der Waals surface area contributed by atoms with Crippen molar-refractivity contribution >= 4 is 11.7 Å². The number of nitrogens with one attached hydrogen (secondary N) is 1. The fraction of sp³-hybridized carbons (Fsp3) is 0.412. The number of rotatable bonds is 5. The van der Waals surface area contributed by atoms with E-state index < -0.39 is 11.7 Å². The minimum absolute atomic E-state index is 0.0949. The maximum absolute atomic E-state index is 12.6. The molecular weight excluding hydrogens is 349 g/mol. The van der Waals surface area contributed by atoms with Gasteiger partial charge in [0.2, 0.25) is 5.91 Å². The summed E-state index contributed by atoms with van der Waals surface area (Å²) in [7, 11) is 0. The molecule has 0 radical (unpaired) electrons. The first-order chi connectivity index (χ1) is 12.4. The molecular formula is C17H19F3N4O2. The van der Waals surface area contributed by atoms with E-state index >= 15 is 0 Å². The number of furan rings is 1. The number of alkyl halides is 3. The van der Waals surface area contributed by atoms with Crippen LogP contribution in [-0.2, 0) is 17.5 Å². The average Bonchev–Trinajstić information content (AvgIpc) is 3.14. The van der Waals surface area contributed by atoms with Crippen molar-refractivity contribution < 1.29 is 22.4 Å². The number of carbonyl (C=O) groups is 1. The smallest absolute Gasteiger partial charge is 0.417 e. The van der Waals surface area contributed by atoms with E-state index in [1.807, 2.05) is 9.80 Å². The fourth-order valence-electron chi connectivity index (χ4n) is 2.73. The van der Waals surface area contributed by atoms with Crippen molar-refractivity contribution in [1.29, 1.82) is 0 Å². The molecule has 3 rings (SSSR count). The topological polar surface area (TPSA) is 61.6 Å². The summed E-state index contributed by atoms with van der Waals surface area (Å²) in [6, 6.07) is 5.97. The Balaban J connectivity index is 1.44. The van der Waals surface area contributed by atoms with Crippen LogP contribution in [0.15, 0.2) is 41.1 Å². The Morgan fingerprint density at radius 2 is 1.96 bits per heavy atom. The summed E-state index contributed by atoms with van der Waals surface area (Å²) in [6.45, 7) is 3.09. The summed E-state index contributed by atoms with van der Waals surface area (Å²) in [5.41, 5.74) is -0.756. The second-order valence-corrected chi connectivity index (χ2v) is 6.02. The lowest BCUT2D eigenvalue weighted by Crippen LogP contribution is -2.49. The summed E-state index contributed by atoms with van der Waals surface area (Å²) >= 11 is 0. The zero-order valence-corrected chi connectivity index (χ0v) is 14.0. The van der Waals surface area contributed by atoms with Gasteiger partial charge in [-0.3, -0.25) is 9.69 Å². The van der Waals surface area contributed by atoms with Gasteiger partial charge in [-0.05, 0) is 24.3 Å². The first-order valence-corrected chi connectivity index (χ1v) is 8.21. The van der Waals surface area contributed by atoms with E-state index in [4.69, 9.17) is 4.42 Å². The summed E-state index contributed by atoms with van der Waals surface area (Å²) in [5.74, 6) is 1.11. The van der Waals surface area contributed by atoms with Gasteiger partial charge in [-0.2, -0.15) is 13.2 Å². The predicted octanol–water partition coefficient (Wildman–Crippen LogP) is 2.13. The number of pyridine rings is 1. The summed E-state index contributed by atoms with van der Waals surface area (Å²) < 4.78 is 42.9. The van der Waals surface area contributed by atoms with Crippen molar-refractivity contribution in [2.75, 3.05) is 37.6 Å². The van der Waals surface area contributed by atoms with Gasteiger partial charge in [0.1, 0.15) is 11.6 Å². The van der Waals surface area contributed by atoms with Crippen molar-refractivity contribution in [2.24, 2.45) is 0 Å². The van der Waals surface area contributed by atoms with Crippen LogP contribution < -0.4 is 10.2 Å². The highest BCUT2D eigenvalue weighted by Crippen LogP contribution is 2.29. The Bertz CT molecular complexity index is 709. The van der Waals surface area contributed by atoms with Gasteiger partial charge >= 0.3 is 6.18 Å². The minimum atomic E-state index is -4.38. The number of carbonyl (C=O) groups excluding carboxylic acids is 1. The maximum Gasteiger partial charge on any atom is 0.417 e. The van der Waals surface area contributed by atoms with Crippen molar-refractivity contribution in [3.8, 4) is 0 Å². The van der Waals surface area contributed by atoms with Crippen LogP contribution in [0.2, 0.25) is 0 Å². The third kappa shape index (κ3) is 4.75. The van der Waals surface area contributed by atoms with Gasteiger partial charge in [-0.1, -0.05) is 0 Å². The molecule has 3 heterocycles. The zero-order valence-electron chi connectivity index (χ0n) is 14.0. The Morgan fingerprint density at radius 3 is 2.54 bits per heavy atom. The van der Waals surface area contributed by atoms with E-state index in [1.165, 1.54) is 6.07 Å². The molecule has 1 amide bonds. The molecule has 1 aliphatic rings. The summed E-state index contributed by atoms with van der Waals surface area (Å²) in [5, 5.41) is 2.79. The predicted molar refractivity (Wildman–Crippen MR) is 88.4 cm³/mol. The van der Waals surface area contributed by atoms with Gasteiger partial charge in [0.05, 0.1) is 24.9 Å². The molecule has 1 saturated heterocycles. The number of aromatic nitrogens is 1. The van der Waals surface area contributed by atoms with Crippen molar-refractivity contribution in [1.82, 2.24) is 15.2 Å². The molecule has 26 heavy (non-hydrogen) atoms. The highest BCUT2D eigenvalue weighted by molar-refractivity contribution is 5.78. The van der Waals surface area contributed by atoms with Crippen molar-refractivity contribution in [3.63, 3.8) is 0 Å². The first kappa shape index (κ1) is 18.2.